The Balaban J connectivity index is 1.94. The van der Waals surface area contributed by atoms with Gasteiger partial charge in [-0.25, -0.2) is 9.97 Å². The fraction of sp³-hybridized carbons (Fsp3) is 0.208. The van der Waals surface area contributed by atoms with E-state index in [0.29, 0.717) is 26.9 Å². The van der Waals surface area contributed by atoms with Crippen molar-refractivity contribution in [3.05, 3.63) is 87.4 Å². The Morgan fingerprint density at radius 3 is 2.27 bits per heavy atom. The lowest BCUT2D eigenvalue weighted by atomic mass is 10.1. The minimum atomic E-state index is -0.500. The number of aromatic nitrogens is 2. The molecule has 0 N–H and O–H groups in total. The first-order valence-electron chi connectivity index (χ1n) is 10.0. The number of hydrogen-bond donors (Lipinski definition) is 0. The van der Waals surface area contributed by atoms with Gasteiger partial charge in [0.05, 0.1) is 23.0 Å². The molecule has 1 heterocycles. The minimum absolute atomic E-state index is 0.0278. The van der Waals surface area contributed by atoms with Crippen LogP contribution in [0.3, 0.4) is 0 Å². The van der Waals surface area contributed by atoms with Crippen molar-refractivity contribution in [2.45, 2.75) is 19.9 Å². The number of aryl methyl sites for hydroxylation is 1. The molecule has 170 valence electrons. The number of Topliss-reactive ketones (excluding diaryl/α,β-unsaturated/α-hetero) is 1. The van der Waals surface area contributed by atoms with Crippen LogP contribution < -0.4 is 4.90 Å². The Morgan fingerprint density at radius 1 is 0.939 bits per heavy atom. The number of carbonyl (C=O) groups is 3. The van der Waals surface area contributed by atoms with E-state index in [-0.39, 0.29) is 18.3 Å². The summed E-state index contributed by atoms with van der Waals surface area (Å²) in [7, 11) is 3.29. The predicted octanol–water partition coefficient (Wildman–Crippen LogP) is 4.60. The number of ketones is 1. The van der Waals surface area contributed by atoms with Crippen LogP contribution in [0.4, 0.5) is 5.69 Å². The molecule has 1 aromatic heterocycles. The number of rotatable bonds is 7. The van der Waals surface area contributed by atoms with E-state index in [1.165, 1.54) is 22.2 Å². The molecule has 3 aromatic rings. The summed E-state index contributed by atoms with van der Waals surface area (Å²) in [4.78, 5) is 49.2. The van der Waals surface area contributed by atoms with Gasteiger partial charge in [-0.2, -0.15) is 0 Å². The normalized spacial score (nSPS) is 10.6. The zero-order valence-corrected chi connectivity index (χ0v) is 19.9. The zero-order valence-electron chi connectivity index (χ0n) is 18.4. The van der Waals surface area contributed by atoms with Crippen molar-refractivity contribution in [2.75, 3.05) is 19.0 Å². The van der Waals surface area contributed by atoms with Crippen LogP contribution in [0, 0.1) is 6.92 Å². The van der Waals surface area contributed by atoms with Gasteiger partial charge in [0.25, 0.3) is 5.91 Å². The second-order valence-corrected chi connectivity index (χ2v) is 8.48. The molecule has 0 spiro atoms. The van der Waals surface area contributed by atoms with Gasteiger partial charge in [-0.1, -0.05) is 35.3 Å². The monoisotopic (exact) mass is 484 g/mol. The third-order valence-corrected chi connectivity index (χ3v) is 5.52. The molecule has 0 radical (unpaired) electrons. The molecular weight excluding hydrogens is 463 g/mol. The van der Waals surface area contributed by atoms with Gasteiger partial charge in [0.2, 0.25) is 11.7 Å². The first-order valence-corrected chi connectivity index (χ1v) is 10.8. The van der Waals surface area contributed by atoms with E-state index in [4.69, 9.17) is 23.2 Å². The molecule has 0 bridgehead atoms. The molecule has 0 atom stereocenters. The first-order chi connectivity index (χ1) is 15.7. The van der Waals surface area contributed by atoms with Crippen LogP contribution in [-0.2, 0) is 11.3 Å². The van der Waals surface area contributed by atoms with Crippen LogP contribution in [0.2, 0.25) is 10.0 Å². The highest BCUT2D eigenvalue weighted by Crippen LogP contribution is 2.26. The summed E-state index contributed by atoms with van der Waals surface area (Å²) in [5.74, 6) is -1.20. The smallest absolute Gasteiger partial charge is 0.253 e. The predicted molar refractivity (Wildman–Crippen MR) is 128 cm³/mol. The van der Waals surface area contributed by atoms with Crippen molar-refractivity contribution in [2.24, 2.45) is 0 Å². The molecule has 0 unspecified atom stereocenters. The molecule has 0 saturated heterocycles. The zero-order chi connectivity index (χ0) is 24.1. The Morgan fingerprint density at radius 2 is 1.64 bits per heavy atom. The largest absolute Gasteiger partial charge is 0.345 e. The van der Waals surface area contributed by atoms with E-state index in [1.807, 2.05) is 0 Å². The van der Waals surface area contributed by atoms with Crippen molar-refractivity contribution in [1.82, 2.24) is 14.9 Å². The standard InChI is InChI=1S/C24H22Cl2N4O3/c1-15-12-27-23(28-13-15)21(31)11-22(32)30(14-16-7-8-19(25)20(26)9-16)18-6-4-5-17(10-18)24(33)29(2)3/h4-10,12-13H,11,14H2,1-3H3. The molecule has 33 heavy (non-hydrogen) atoms. The lowest BCUT2D eigenvalue weighted by Crippen LogP contribution is -2.32. The van der Waals surface area contributed by atoms with Crippen molar-refractivity contribution >= 4 is 46.5 Å². The van der Waals surface area contributed by atoms with E-state index in [1.54, 1.807) is 63.5 Å². The highest BCUT2D eigenvalue weighted by molar-refractivity contribution is 6.42. The summed E-state index contributed by atoms with van der Waals surface area (Å²) in [6.45, 7) is 1.93. The molecular formula is C24H22Cl2N4O3. The molecule has 0 aliphatic heterocycles. The third kappa shape index (κ3) is 6.15. The Kier molecular flexibility index (Phi) is 7.79. The molecule has 3 rings (SSSR count). The Hall–Kier alpha value is -3.29. The van der Waals surface area contributed by atoms with E-state index in [2.05, 4.69) is 9.97 Å². The summed E-state index contributed by atoms with van der Waals surface area (Å²) < 4.78 is 0. The lowest BCUT2D eigenvalue weighted by Gasteiger charge is -2.24. The highest BCUT2D eigenvalue weighted by Gasteiger charge is 2.23. The Bertz CT molecular complexity index is 1200. The summed E-state index contributed by atoms with van der Waals surface area (Å²) in [5, 5.41) is 0.741. The maximum Gasteiger partial charge on any atom is 0.253 e. The SMILES string of the molecule is Cc1cnc(C(=O)CC(=O)N(Cc2ccc(Cl)c(Cl)c2)c2cccc(C(=O)N(C)C)c2)nc1. The van der Waals surface area contributed by atoms with E-state index in [0.717, 1.165) is 5.56 Å². The van der Waals surface area contributed by atoms with Crippen LogP contribution in [0.15, 0.2) is 54.9 Å². The van der Waals surface area contributed by atoms with Crippen molar-refractivity contribution in [3.8, 4) is 0 Å². The maximum atomic E-state index is 13.3. The minimum Gasteiger partial charge on any atom is -0.345 e. The van der Waals surface area contributed by atoms with Gasteiger partial charge in [0.15, 0.2) is 5.82 Å². The van der Waals surface area contributed by atoms with E-state index < -0.39 is 18.1 Å². The van der Waals surface area contributed by atoms with Crippen LogP contribution >= 0.6 is 23.2 Å². The molecule has 0 aliphatic carbocycles. The maximum absolute atomic E-state index is 13.3. The van der Waals surface area contributed by atoms with Gasteiger partial charge in [-0.05, 0) is 48.4 Å². The summed E-state index contributed by atoms with van der Waals surface area (Å²) in [5.41, 5.74) is 2.40. The topological polar surface area (TPSA) is 83.5 Å². The van der Waals surface area contributed by atoms with E-state index >= 15 is 0 Å². The average molecular weight is 485 g/mol. The number of carbonyl (C=O) groups excluding carboxylic acids is 3. The molecule has 0 aliphatic rings. The van der Waals surface area contributed by atoms with Gasteiger partial charge in [0, 0.05) is 37.7 Å². The van der Waals surface area contributed by atoms with Gasteiger partial charge >= 0.3 is 0 Å². The molecule has 9 heteroatoms. The quantitative estimate of drug-likeness (QED) is 0.361. The second kappa shape index (κ2) is 10.6. The van der Waals surface area contributed by atoms with Gasteiger partial charge in [0.1, 0.15) is 0 Å². The number of nitrogens with zero attached hydrogens (tertiary/aromatic N) is 4. The number of benzene rings is 2. The third-order valence-electron chi connectivity index (χ3n) is 4.78. The van der Waals surface area contributed by atoms with Gasteiger partial charge < -0.3 is 9.80 Å². The van der Waals surface area contributed by atoms with Crippen LogP contribution in [0.1, 0.15) is 38.5 Å². The molecule has 2 amide bonds. The van der Waals surface area contributed by atoms with Crippen LogP contribution in [-0.4, -0.2) is 46.6 Å². The highest BCUT2D eigenvalue weighted by atomic mass is 35.5. The molecule has 2 aromatic carbocycles. The number of hydrogen-bond acceptors (Lipinski definition) is 5. The van der Waals surface area contributed by atoms with Crippen molar-refractivity contribution in [3.63, 3.8) is 0 Å². The summed E-state index contributed by atoms with van der Waals surface area (Å²) >= 11 is 12.2. The molecule has 7 nitrogen and oxygen atoms in total. The number of halogens is 2. The van der Waals surface area contributed by atoms with Crippen molar-refractivity contribution < 1.29 is 14.4 Å². The fourth-order valence-electron chi connectivity index (χ4n) is 3.06. The number of anilines is 1. The molecule has 0 fully saturated rings. The first kappa shape index (κ1) is 24.4. The second-order valence-electron chi connectivity index (χ2n) is 7.66. The van der Waals surface area contributed by atoms with Crippen LogP contribution in [0.25, 0.3) is 0 Å². The summed E-state index contributed by atoms with van der Waals surface area (Å²) in [6.07, 6.45) is 2.61. The van der Waals surface area contributed by atoms with Crippen molar-refractivity contribution in [1.29, 1.82) is 0 Å². The van der Waals surface area contributed by atoms with E-state index in [9.17, 15) is 14.4 Å². The van der Waals surface area contributed by atoms with Crippen LogP contribution in [0.5, 0.6) is 0 Å². The Labute approximate surface area is 202 Å². The average Bonchev–Trinajstić information content (AvgIpc) is 2.79. The summed E-state index contributed by atoms with van der Waals surface area (Å²) in [6, 6.07) is 11.7. The number of amides is 2. The van der Waals surface area contributed by atoms with Gasteiger partial charge in [-0.15, -0.1) is 0 Å². The van der Waals surface area contributed by atoms with Gasteiger partial charge in [-0.3, -0.25) is 14.4 Å². The lowest BCUT2D eigenvalue weighted by molar-refractivity contribution is -0.117. The molecule has 0 saturated carbocycles. The fourth-order valence-corrected chi connectivity index (χ4v) is 3.38.